The average Bonchev–Trinajstić information content (AvgIpc) is 3.20. The first kappa shape index (κ1) is 24.6. The van der Waals surface area contributed by atoms with Crippen molar-refractivity contribution in [1.29, 1.82) is 0 Å². The molecule has 0 bridgehead atoms. The summed E-state index contributed by atoms with van der Waals surface area (Å²) in [6.45, 7) is 4.35. The summed E-state index contributed by atoms with van der Waals surface area (Å²) in [7, 11) is 0. The fourth-order valence-corrected chi connectivity index (χ4v) is 4.89. The first-order valence-electron chi connectivity index (χ1n) is 12.5. The van der Waals surface area contributed by atoms with E-state index in [-0.39, 0.29) is 23.1 Å². The SMILES string of the molecule is CCC(C)c1nn(C(=O)CC2CCCCC2)c(=O)n1Cc1ccc(-c2ccccc2C(=O)O)cc1. The van der Waals surface area contributed by atoms with Gasteiger partial charge in [0.05, 0.1) is 12.1 Å². The molecule has 1 fully saturated rings. The number of carboxylic acids is 1. The number of carboxylic acid groups (broad SMARTS) is 1. The molecule has 1 aliphatic carbocycles. The van der Waals surface area contributed by atoms with Crippen LogP contribution in [0.2, 0.25) is 0 Å². The largest absolute Gasteiger partial charge is 0.478 e. The van der Waals surface area contributed by atoms with Gasteiger partial charge in [-0.2, -0.15) is 0 Å². The lowest BCUT2D eigenvalue weighted by Gasteiger charge is -2.20. The molecule has 0 spiro atoms. The number of aromatic nitrogens is 3. The Kier molecular flexibility index (Phi) is 7.63. The molecule has 1 N–H and O–H groups in total. The maximum atomic E-state index is 13.3. The minimum Gasteiger partial charge on any atom is -0.478 e. The first-order valence-corrected chi connectivity index (χ1v) is 12.5. The predicted molar refractivity (Wildman–Crippen MR) is 135 cm³/mol. The molecule has 1 unspecified atom stereocenters. The van der Waals surface area contributed by atoms with E-state index < -0.39 is 5.97 Å². The van der Waals surface area contributed by atoms with Gasteiger partial charge in [0.1, 0.15) is 5.82 Å². The number of hydrogen-bond acceptors (Lipinski definition) is 4. The zero-order valence-corrected chi connectivity index (χ0v) is 20.4. The number of hydrogen-bond donors (Lipinski definition) is 1. The molecule has 184 valence electrons. The number of aromatic carboxylic acids is 1. The van der Waals surface area contributed by atoms with Crippen LogP contribution in [0.15, 0.2) is 53.3 Å². The monoisotopic (exact) mass is 475 g/mol. The van der Waals surface area contributed by atoms with Crippen molar-refractivity contribution in [3.05, 3.63) is 76.0 Å². The van der Waals surface area contributed by atoms with Crippen molar-refractivity contribution < 1.29 is 14.7 Å². The summed E-state index contributed by atoms with van der Waals surface area (Å²) >= 11 is 0. The van der Waals surface area contributed by atoms with Crippen LogP contribution in [-0.2, 0) is 6.54 Å². The summed E-state index contributed by atoms with van der Waals surface area (Å²) in [6.07, 6.45) is 6.76. The molecule has 3 aromatic rings. The Morgan fingerprint density at radius 3 is 2.40 bits per heavy atom. The van der Waals surface area contributed by atoms with E-state index in [4.69, 9.17) is 0 Å². The van der Waals surface area contributed by atoms with Crippen LogP contribution in [0.1, 0.15) is 91.3 Å². The van der Waals surface area contributed by atoms with Gasteiger partial charge >= 0.3 is 11.7 Å². The van der Waals surface area contributed by atoms with E-state index in [1.807, 2.05) is 44.2 Å². The van der Waals surface area contributed by atoms with Crippen molar-refractivity contribution in [2.24, 2.45) is 5.92 Å². The number of benzene rings is 2. The maximum absolute atomic E-state index is 13.3. The van der Waals surface area contributed by atoms with Crippen LogP contribution in [0.3, 0.4) is 0 Å². The van der Waals surface area contributed by atoms with Crippen molar-refractivity contribution in [3.63, 3.8) is 0 Å². The highest BCUT2D eigenvalue weighted by Crippen LogP contribution is 2.27. The molecule has 7 nitrogen and oxygen atoms in total. The maximum Gasteiger partial charge on any atom is 0.353 e. The van der Waals surface area contributed by atoms with Crippen LogP contribution in [0.4, 0.5) is 0 Å². The topological polar surface area (TPSA) is 94.2 Å². The third-order valence-corrected chi connectivity index (χ3v) is 7.13. The van der Waals surface area contributed by atoms with Gasteiger partial charge in [-0.1, -0.05) is 75.6 Å². The van der Waals surface area contributed by atoms with Crippen LogP contribution >= 0.6 is 0 Å². The molecule has 0 radical (unpaired) electrons. The van der Waals surface area contributed by atoms with Crippen LogP contribution in [0.25, 0.3) is 11.1 Å². The molecular formula is C28H33N3O4. The number of carbonyl (C=O) groups excluding carboxylic acids is 1. The van der Waals surface area contributed by atoms with Crippen molar-refractivity contribution in [2.75, 3.05) is 0 Å². The second kappa shape index (κ2) is 10.8. The Hall–Kier alpha value is -3.48. The van der Waals surface area contributed by atoms with Gasteiger partial charge in [0, 0.05) is 12.3 Å². The summed E-state index contributed by atoms with van der Waals surface area (Å²) in [5.74, 6) is -0.199. The molecular weight excluding hydrogens is 442 g/mol. The van der Waals surface area contributed by atoms with Gasteiger partial charge in [-0.15, -0.1) is 9.78 Å². The molecule has 35 heavy (non-hydrogen) atoms. The third kappa shape index (κ3) is 5.45. The van der Waals surface area contributed by atoms with E-state index in [0.717, 1.165) is 47.9 Å². The van der Waals surface area contributed by atoms with Gasteiger partial charge in [-0.05, 0) is 47.9 Å². The molecule has 1 heterocycles. The zero-order valence-electron chi connectivity index (χ0n) is 20.4. The van der Waals surface area contributed by atoms with E-state index in [2.05, 4.69) is 5.10 Å². The van der Waals surface area contributed by atoms with Gasteiger partial charge in [0.15, 0.2) is 0 Å². The third-order valence-electron chi connectivity index (χ3n) is 7.13. The molecule has 0 aliphatic heterocycles. The molecule has 2 aromatic carbocycles. The summed E-state index contributed by atoms with van der Waals surface area (Å²) in [4.78, 5) is 37.9. The highest BCUT2D eigenvalue weighted by atomic mass is 16.4. The van der Waals surface area contributed by atoms with Crippen LogP contribution in [0.5, 0.6) is 0 Å². The predicted octanol–water partition coefficient (Wildman–Crippen LogP) is 5.58. The summed E-state index contributed by atoms with van der Waals surface area (Å²) in [5.41, 5.74) is 2.17. The Morgan fingerprint density at radius 1 is 1.06 bits per heavy atom. The Morgan fingerprint density at radius 2 is 1.74 bits per heavy atom. The smallest absolute Gasteiger partial charge is 0.353 e. The quantitative estimate of drug-likeness (QED) is 0.459. The van der Waals surface area contributed by atoms with Crippen molar-refractivity contribution >= 4 is 11.9 Å². The highest BCUT2D eigenvalue weighted by Gasteiger charge is 2.24. The lowest BCUT2D eigenvalue weighted by Crippen LogP contribution is -2.31. The minimum absolute atomic E-state index is 0.0353. The summed E-state index contributed by atoms with van der Waals surface area (Å²) in [6, 6.07) is 14.4. The van der Waals surface area contributed by atoms with Crippen molar-refractivity contribution in [2.45, 2.75) is 71.3 Å². The van der Waals surface area contributed by atoms with Crippen LogP contribution in [-0.4, -0.2) is 31.3 Å². The van der Waals surface area contributed by atoms with E-state index in [1.54, 1.807) is 22.8 Å². The normalized spacial score (nSPS) is 15.1. The molecule has 1 saturated carbocycles. The molecule has 1 aliphatic rings. The van der Waals surface area contributed by atoms with E-state index in [0.29, 0.717) is 30.3 Å². The number of rotatable bonds is 8. The summed E-state index contributed by atoms with van der Waals surface area (Å²) < 4.78 is 2.68. The molecule has 1 aromatic heterocycles. The van der Waals surface area contributed by atoms with Gasteiger partial charge in [-0.25, -0.2) is 9.59 Å². The minimum atomic E-state index is -0.972. The summed E-state index contributed by atoms with van der Waals surface area (Å²) in [5, 5.41) is 14.0. The van der Waals surface area contributed by atoms with Gasteiger partial charge in [0.25, 0.3) is 5.91 Å². The second-order valence-electron chi connectivity index (χ2n) is 9.60. The van der Waals surface area contributed by atoms with Gasteiger partial charge < -0.3 is 5.11 Å². The lowest BCUT2D eigenvalue weighted by atomic mass is 9.87. The van der Waals surface area contributed by atoms with E-state index >= 15 is 0 Å². The average molecular weight is 476 g/mol. The molecule has 1 atom stereocenters. The van der Waals surface area contributed by atoms with Crippen LogP contribution < -0.4 is 5.69 Å². The molecule has 0 amide bonds. The second-order valence-corrected chi connectivity index (χ2v) is 9.60. The standard InChI is InChI=1S/C28H33N3O4/c1-3-19(2)26-29-31(25(32)17-20-9-5-4-6-10-20)28(35)30(26)18-21-13-15-22(16-14-21)23-11-7-8-12-24(23)27(33)34/h7-8,11-16,19-20H,3-6,9-10,17-18H2,1-2H3,(H,33,34). The zero-order chi connectivity index (χ0) is 24.9. The Balaban J connectivity index is 1.60. The fourth-order valence-electron chi connectivity index (χ4n) is 4.89. The molecule has 0 saturated heterocycles. The van der Waals surface area contributed by atoms with Crippen molar-refractivity contribution in [1.82, 2.24) is 14.3 Å². The number of carbonyl (C=O) groups is 2. The first-order chi connectivity index (χ1) is 16.9. The van der Waals surface area contributed by atoms with Crippen LogP contribution in [0, 0.1) is 5.92 Å². The number of nitrogens with zero attached hydrogens (tertiary/aromatic N) is 3. The fraction of sp³-hybridized carbons (Fsp3) is 0.429. The molecule has 4 rings (SSSR count). The molecule has 7 heteroatoms. The Labute approximate surface area is 205 Å². The highest BCUT2D eigenvalue weighted by molar-refractivity contribution is 5.96. The Bertz CT molecular complexity index is 1250. The van der Waals surface area contributed by atoms with Crippen molar-refractivity contribution in [3.8, 4) is 11.1 Å². The lowest BCUT2D eigenvalue weighted by molar-refractivity contribution is 0.0697. The van der Waals surface area contributed by atoms with E-state index in [1.165, 1.54) is 6.42 Å². The van der Waals surface area contributed by atoms with Gasteiger partial charge in [-0.3, -0.25) is 9.36 Å². The van der Waals surface area contributed by atoms with Gasteiger partial charge in [0.2, 0.25) is 0 Å². The van der Waals surface area contributed by atoms with E-state index in [9.17, 15) is 19.5 Å².